The molecule has 22 heavy (non-hydrogen) atoms. The number of nitrogens with one attached hydrogen (secondary N) is 2. The highest BCUT2D eigenvalue weighted by molar-refractivity contribution is 6.31. The summed E-state index contributed by atoms with van der Waals surface area (Å²) in [6, 6.07) is 14.1. The minimum absolute atomic E-state index is 0.122. The molecule has 2 N–H and O–H groups in total. The third-order valence-electron chi connectivity index (χ3n) is 3.23. The van der Waals surface area contributed by atoms with E-state index in [1.54, 1.807) is 18.2 Å². The van der Waals surface area contributed by atoms with Gasteiger partial charge in [0.25, 0.3) is 0 Å². The van der Waals surface area contributed by atoms with Crippen LogP contribution in [0, 0.1) is 5.82 Å². The van der Waals surface area contributed by atoms with Crippen LogP contribution in [0.5, 0.6) is 0 Å². The van der Waals surface area contributed by atoms with E-state index in [2.05, 4.69) is 10.6 Å². The third-order valence-corrected chi connectivity index (χ3v) is 3.60. The molecule has 0 fully saturated rings. The minimum Gasteiger partial charge on any atom is -0.355 e. The largest absolute Gasteiger partial charge is 0.355 e. The molecule has 0 aromatic heterocycles. The average molecular weight is 321 g/mol. The van der Waals surface area contributed by atoms with Gasteiger partial charge in [-0.3, -0.25) is 4.79 Å². The van der Waals surface area contributed by atoms with Gasteiger partial charge in [0.05, 0.1) is 6.54 Å². The number of hydrogen-bond donors (Lipinski definition) is 2. The summed E-state index contributed by atoms with van der Waals surface area (Å²) in [5.41, 5.74) is 1.55. The zero-order valence-corrected chi connectivity index (χ0v) is 12.9. The van der Waals surface area contributed by atoms with Crippen molar-refractivity contribution in [1.82, 2.24) is 10.6 Å². The molecule has 3 nitrogen and oxygen atoms in total. The van der Waals surface area contributed by atoms with E-state index in [1.807, 2.05) is 24.3 Å². The topological polar surface area (TPSA) is 41.1 Å². The Bertz CT molecular complexity index is 580. The van der Waals surface area contributed by atoms with E-state index in [0.717, 1.165) is 5.56 Å². The highest BCUT2D eigenvalue weighted by Gasteiger charge is 2.04. The van der Waals surface area contributed by atoms with E-state index < -0.39 is 0 Å². The molecular formula is C17H18ClFN2O. The van der Waals surface area contributed by atoms with Gasteiger partial charge in [0.15, 0.2) is 0 Å². The Morgan fingerprint density at radius 2 is 1.73 bits per heavy atom. The van der Waals surface area contributed by atoms with Crippen molar-refractivity contribution in [3.05, 3.63) is 70.5 Å². The molecule has 5 heteroatoms. The highest BCUT2D eigenvalue weighted by Crippen LogP contribution is 2.14. The van der Waals surface area contributed by atoms with Gasteiger partial charge in [-0.2, -0.15) is 0 Å². The Morgan fingerprint density at radius 1 is 1.05 bits per heavy atom. The van der Waals surface area contributed by atoms with Crippen LogP contribution in [0.3, 0.4) is 0 Å². The van der Waals surface area contributed by atoms with Crippen molar-refractivity contribution >= 4 is 17.5 Å². The summed E-state index contributed by atoms with van der Waals surface area (Å²) in [7, 11) is 0. The molecule has 0 aliphatic heterocycles. The van der Waals surface area contributed by atoms with Crippen molar-refractivity contribution in [2.45, 2.75) is 13.0 Å². The molecule has 0 bridgehead atoms. The maximum absolute atomic E-state index is 13.4. The predicted octanol–water partition coefficient (Wildman–Crippen LogP) is 2.93. The monoisotopic (exact) mass is 320 g/mol. The van der Waals surface area contributed by atoms with Gasteiger partial charge in [-0.05, 0) is 29.7 Å². The number of benzene rings is 2. The first-order valence-corrected chi connectivity index (χ1v) is 7.49. The Balaban J connectivity index is 1.66. The van der Waals surface area contributed by atoms with Crippen molar-refractivity contribution < 1.29 is 9.18 Å². The molecule has 0 atom stereocenters. The van der Waals surface area contributed by atoms with Crippen LogP contribution >= 0.6 is 11.6 Å². The maximum Gasteiger partial charge on any atom is 0.233 e. The van der Waals surface area contributed by atoms with E-state index in [4.69, 9.17) is 11.6 Å². The molecule has 0 aliphatic carbocycles. The first-order valence-electron chi connectivity index (χ1n) is 7.11. The van der Waals surface area contributed by atoms with Gasteiger partial charge in [0.1, 0.15) is 5.82 Å². The van der Waals surface area contributed by atoms with Crippen LogP contribution in [0.15, 0.2) is 48.5 Å². The molecule has 0 saturated heterocycles. The lowest BCUT2D eigenvalue weighted by atomic mass is 10.1. The summed E-state index contributed by atoms with van der Waals surface area (Å²) in [4.78, 5) is 11.7. The number of carbonyl (C=O) groups excluding carboxylic acids is 1. The summed E-state index contributed by atoms with van der Waals surface area (Å²) in [6.45, 7) is 1.14. The van der Waals surface area contributed by atoms with Crippen LogP contribution in [0.4, 0.5) is 4.39 Å². The van der Waals surface area contributed by atoms with Crippen LogP contribution < -0.4 is 10.6 Å². The Labute approximate surface area is 134 Å². The Kier molecular flexibility index (Phi) is 6.37. The Morgan fingerprint density at radius 3 is 2.45 bits per heavy atom. The summed E-state index contributed by atoms with van der Waals surface area (Å²) in [6.07, 6.45) is 0.475. The lowest BCUT2D eigenvalue weighted by Crippen LogP contribution is -2.34. The second-order valence-electron chi connectivity index (χ2n) is 4.89. The van der Waals surface area contributed by atoms with Crippen LogP contribution in [0.25, 0.3) is 0 Å². The molecule has 0 aliphatic rings. The Hall–Kier alpha value is -1.91. The molecule has 0 radical (unpaired) electrons. The normalized spacial score (nSPS) is 10.5. The summed E-state index contributed by atoms with van der Waals surface area (Å²) < 4.78 is 13.4. The van der Waals surface area contributed by atoms with Crippen LogP contribution in [0.2, 0.25) is 5.02 Å². The number of rotatable bonds is 7. The standard InChI is InChI=1S/C17H18ClFN2O/c18-15-7-3-1-6-14(15)11-20-12-17(22)21-10-9-13-5-2-4-8-16(13)19/h1-8,20H,9-12H2,(H,21,22). The van der Waals surface area contributed by atoms with Crippen molar-refractivity contribution in [3.8, 4) is 0 Å². The molecule has 0 saturated carbocycles. The number of hydrogen-bond acceptors (Lipinski definition) is 2. The summed E-state index contributed by atoms with van der Waals surface area (Å²) >= 11 is 6.03. The van der Waals surface area contributed by atoms with Crippen molar-refractivity contribution in [1.29, 1.82) is 0 Å². The molecule has 0 unspecified atom stereocenters. The van der Waals surface area contributed by atoms with Gasteiger partial charge in [0, 0.05) is 18.1 Å². The molecule has 2 aromatic rings. The predicted molar refractivity (Wildman–Crippen MR) is 86.3 cm³/mol. The first-order chi connectivity index (χ1) is 10.7. The van der Waals surface area contributed by atoms with Gasteiger partial charge >= 0.3 is 0 Å². The fraction of sp³-hybridized carbons (Fsp3) is 0.235. The quantitative estimate of drug-likeness (QED) is 0.823. The van der Waals surface area contributed by atoms with Gasteiger partial charge in [-0.25, -0.2) is 4.39 Å². The highest BCUT2D eigenvalue weighted by atomic mass is 35.5. The van der Waals surface area contributed by atoms with E-state index >= 15 is 0 Å². The van der Waals surface area contributed by atoms with Crippen LogP contribution in [-0.2, 0) is 17.8 Å². The van der Waals surface area contributed by atoms with Gasteiger partial charge in [-0.1, -0.05) is 48.0 Å². The minimum atomic E-state index is -0.242. The van der Waals surface area contributed by atoms with E-state index in [-0.39, 0.29) is 18.3 Å². The smallest absolute Gasteiger partial charge is 0.233 e. The first kappa shape index (κ1) is 16.5. The van der Waals surface area contributed by atoms with E-state index in [0.29, 0.717) is 30.1 Å². The molecule has 2 rings (SSSR count). The maximum atomic E-state index is 13.4. The zero-order valence-electron chi connectivity index (χ0n) is 12.1. The number of amides is 1. The summed E-state index contributed by atoms with van der Waals surface area (Å²) in [5.74, 6) is -0.364. The fourth-order valence-corrected chi connectivity index (χ4v) is 2.26. The molecule has 0 heterocycles. The molecular weight excluding hydrogens is 303 g/mol. The zero-order chi connectivity index (χ0) is 15.8. The average Bonchev–Trinajstić information content (AvgIpc) is 2.51. The van der Waals surface area contributed by atoms with Gasteiger partial charge < -0.3 is 10.6 Å². The lowest BCUT2D eigenvalue weighted by molar-refractivity contribution is -0.120. The van der Waals surface area contributed by atoms with Crippen LogP contribution in [0.1, 0.15) is 11.1 Å². The second kappa shape index (κ2) is 8.51. The molecule has 2 aromatic carbocycles. The fourth-order valence-electron chi connectivity index (χ4n) is 2.05. The van der Waals surface area contributed by atoms with Crippen molar-refractivity contribution in [3.63, 3.8) is 0 Å². The summed E-state index contributed by atoms with van der Waals surface area (Å²) in [5, 5.41) is 6.47. The van der Waals surface area contributed by atoms with Crippen molar-refractivity contribution in [2.24, 2.45) is 0 Å². The van der Waals surface area contributed by atoms with Gasteiger partial charge in [0.2, 0.25) is 5.91 Å². The van der Waals surface area contributed by atoms with E-state index in [9.17, 15) is 9.18 Å². The van der Waals surface area contributed by atoms with Crippen molar-refractivity contribution in [2.75, 3.05) is 13.1 Å². The van der Waals surface area contributed by atoms with Gasteiger partial charge in [-0.15, -0.1) is 0 Å². The SMILES string of the molecule is O=C(CNCc1ccccc1Cl)NCCc1ccccc1F. The third kappa shape index (κ3) is 5.13. The van der Waals surface area contributed by atoms with Crippen LogP contribution in [-0.4, -0.2) is 19.0 Å². The molecule has 116 valence electrons. The second-order valence-corrected chi connectivity index (χ2v) is 5.29. The molecule has 0 spiro atoms. The molecule has 1 amide bonds. The number of halogens is 2. The number of carbonyl (C=O) groups is 1. The lowest BCUT2D eigenvalue weighted by Gasteiger charge is -2.08. The van der Waals surface area contributed by atoms with E-state index in [1.165, 1.54) is 6.07 Å².